The average Bonchev–Trinajstić information content (AvgIpc) is 2.50. The van der Waals surface area contributed by atoms with Gasteiger partial charge in [0.15, 0.2) is 0 Å². The summed E-state index contributed by atoms with van der Waals surface area (Å²) in [5.41, 5.74) is 0. The largest absolute Gasteiger partial charge is 0.481 e. The Morgan fingerprint density at radius 3 is 1.77 bits per heavy atom. The maximum Gasteiger partial charge on any atom is 0.303 e. The van der Waals surface area contributed by atoms with Crippen LogP contribution >= 0.6 is 0 Å². The Morgan fingerprint density at radius 1 is 0.727 bits per heavy atom. The lowest BCUT2D eigenvalue weighted by Crippen LogP contribution is -1.92. The smallest absolute Gasteiger partial charge is 0.303 e. The molecule has 2 heteroatoms. The van der Waals surface area contributed by atoms with Crippen LogP contribution in [-0.2, 0) is 4.79 Å². The fraction of sp³-hybridized carbons (Fsp3) is 0.650. The van der Waals surface area contributed by atoms with Gasteiger partial charge in [0.05, 0.1) is 0 Å². The van der Waals surface area contributed by atoms with E-state index in [-0.39, 0.29) is 6.42 Å². The van der Waals surface area contributed by atoms with Crippen LogP contribution in [0.5, 0.6) is 0 Å². The van der Waals surface area contributed by atoms with Gasteiger partial charge in [-0.25, -0.2) is 0 Å². The zero-order valence-corrected chi connectivity index (χ0v) is 14.3. The summed E-state index contributed by atoms with van der Waals surface area (Å²) < 4.78 is 0. The predicted octanol–water partition coefficient (Wildman–Crippen LogP) is 6.44. The van der Waals surface area contributed by atoms with Crippen LogP contribution in [0.1, 0.15) is 84.0 Å². The third-order valence-electron chi connectivity index (χ3n) is 3.53. The molecule has 22 heavy (non-hydrogen) atoms. The molecule has 0 radical (unpaired) electrons. The molecule has 0 aromatic heterocycles. The highest BCUT2D eigenvalue weighted by Gasteiger charge is 1.92. The molecule has 0 aliphatic carbocycles. The SMILES string of the molecule is CCCCCC=CCCCCCC=CC=CCCCC(=O)O. The van der Waals surface area contributed by atoms with Crippen molar-refractivity contribution in [2.24, 2.45) is 0 Å². The summed E-state index contributed by atoms with van der Waals surface area (Å²) in [6.07, 6.45) is 26.3. The van der Waals surface area contributed by atoms with Gasteiger partial charge in [0.25, 0.3) is 0 Å². The van der Waals surface area contributed by atoms with Crippen LogP contribution < -0.4 is 0 Å². The second-order valence-corrected chi connectivity index (χ2v) is 5.75. The summed E-state index contributed by atoms with van der Waals surface area (Å²) in [6.45, 7) is 2.24. The van der Waals surface area contributed by atoms with E-state index in [1.54, 1.807) is 0 Å². The van der Waals surface area contributed by atoms with Crippen molar-refractivity contribution >= 4 is 5.97 Å². The Labute approximate surface area is 137 Å². The van der Waals surface area contributed by atoms with Gasteiger partial charge in [0.2, 0.25) is 0 Å². The van der Waals surface area contributed by atoms with Crippen LogP contribution in [0.2, 0.25) is 0 Å². The van der Waals surface area contributed by atoms with Crippen molar-refractivity contribution < 1.29 is 9.90 Å². The van der Waals surface area contributed by atoms with Crippen LogP contribution in [-0.4, -0.2) is 11.1 Å². The van der Waals surface area contributed by atoms with Crippen molar-refractivity contribution in [3.05, 3.63) is 36.5 Å². The third kappa shape index (κ3) is 18.7. The zero-order chi connectivity index (χ0) is 16.3. The molecule has 1 N–H and O–H groups in total. The van der Waals surface area contributed by atoms with Crippen molar-refractivity contribution in [3.63, 3.8) is 0 Å². The van der Waals surface area contributed by atoms with Crippen molar-refractivity contribution in [3.8, 4) is 0 Å². The minimum absolute atomic E-state index is 0.265. The normalized spacial score (nSPS) is 12.0. The number of unbranched alkanes of at least 4 members (excludes halogenated alkanes) is 8. The Bertz CT molecular complexity index is 327. The molecule has 0 saturated heterocycles. The van der Waals surface area contributed by atoms with Gasteiger partial charge in [0, 0.05) is 6.42 Å². The van der Waals surface area contributed by atoms with E-state index in [9.17, 15) is 4.79 Å². The molecular weight excluding hydrogens is 272 g/mol. The van der Waals surface area contributed by atoms with Gasteiger partial charge in [-0.1, -0.05) is 62.6 Å². The van der Waals surface area contributed by atoms with Crippen LogP contribution in [0.3, 0.4) is 0 Å². The first-order valence-electron chi connectivity index (χ1n) is 8.95. The molecule has 0 bridgehead atoms. The van der Waals surface area contributed by atoms with E-state index in [0.717, 1.165) is 19.3 Å². The number of carboxylic acids is 1. The summed E-state index contributed by atoms with van der Waals surface area (Å²) in [5.74, 6) is -0.709. The minimum atomic E-state index is -0.709. The molecule has 0 unspecified atom stereocenters. The van der Waals surface area contributed by atoms with Crippen molar-refractivity contribution in [2.45, 2.75) is 84.0 Å². The van der Waals surface area contributed by atoms with E-state index >= 15 is 0 Å². The molecule has 0 saturated carbocycles. The number of carboxylic acid groups (broad SMARTS) is 1. The fourth-order valence-electron chi connectivity index (χ4n) is 2.17. The summed E-state index contributed by atoms with van der Waals surface area (Å²) >= 11 is 0. The van der Waals surface area contributed by atoms with E-state index in [0.29, 0.717) is 0 Å². The highest BCUT2D eigenvalue weighted by atomic mass is 16.4. The summed E-state index contributed by atoms with van der Waals surface area (Å²) in [4.78, 5) is 10.3. The van der Waals surface area contributed by atoms with Gasteiger partial charge in [-0.05, 0) is 51.4 Å². The van der Waals surface area contributed by atoms with E-state index in [4.69, 9.17) is 5.11 Å². The van der Waals surface area contributed by atoms with Gasteiger partial charge in [-0.2, -0.15) is 0 Å². The number of hydrogen-bond acceptors (Lipinski definition) is 1. The lowest BCUT2D eigenvalue weighted by Gasteiger charge is -1.95. The molecular formula is C20H34O2. The molecule has 0 aromatic rings. The molecule has 0 fully saturated rings. The Kier molecular flexibility index (Phi) is 16.7. The number of allylic oxidation sites excluding steroid dienone is 6. The monoisotopic (exact) mass is 306 g/mol. The number of hydrogen-bond donors (Lipinski definition) is 1. The molecule has 0 aliphatic rings. The predicted molar refractivity (Wildman–Crippen MR) is 96.1 cm³/mol. The second-order valence-electron chi connectivity index (χ2n) is 5.75. The molecule has 0 amide bonds. The standard InChI is InChI=1S/C20H34O2/c1-2-3-4-5-6-7-8-9-10-11-12-13-14-15-16-17-18-19-20(21)22/h6-7,13-16H,2-5,8-12,17-19H2,1H3,(H,21,22). The number of carbonyl (C=O) groups is 1. The van der Waals surface area contributed by atoms with Crippen molar-refractivity contribution in [1.82, 2.24) is 0 Å². The first-order chi connectivity index (χ1) is 10.8. The molecule has 0 heterocycles. The van der Waals surface area contributed by atoms with Crippen LogP contribution in [0.25, 0.3) is 0 Å². The number of rotatable bonds is 15. The van der Waals surface area contributed by atoms with E-state index in [2.05, 4.69) is 31.2 Å². The maximum atomic E-state index is 10.3. The van der Waals surface area contributed by atoms with Crippen LogP contribution in [0.4, 0.5) is 0 Å². The Morgan fingerprint density at radius 2 is 1.23 bits per heavy atom. The van der Waals surface area contributed by atoms with Crippen LogP contribution in [0.15, 0.2) is 36.5 Å². The lowest BCUT2D eigenvalue weighted by molar-refractivity contribution is -0.137. The van der Waals surface area contributed by atoms with Gasteiger partial charge >= 0.3 is 5.97 Å². The van der Waals surface area contributed by atoms with Crippen molar-refractivity contribution in [1.29, 1.82) is 0 Å². The highest BCUT2D eigenvalue weighted by Crippen LogP contribution is 2.06. The summed E-state index contributed by atoms with van der Waals surface area (Å²) in [6, 6.07) is 0. The topological polar surface area (TPSA) is 37.3 Å². The Hall–Kier alpha value is -1.31. The average molecular weight is 306 g/mol. The fourth-order valence-corrected chi connectivity index (χ4v) is 2.17. The highest BCUT2D eigenvalue weighted by molar-refractivity contribution is 5.66. The van der Waals surface area contributed by atoms with Crippen LogP contribution in [0, 0.1) is 0 Å². The molecule has 0 aliphatic heterocycles. The maximum absolute atomic E-state index is 10.3. The van der Waals surface area contributed by atoms with E-state index in [1.807, 2.05) is 12.2 Å². The second kappa shape index (κ2) is 17.7. The quantitative estimate of drug-likeness (QED) is 0.215. The first-order valence-corrected chi connectivity index (χ1v) is 8.95. The zero-order valence-electron chi connectivity index (χ0n) is 14.3. The first kappa shape index (κ1) is 20.7. The molecule has 126 valence electrons. The van der Waals surface area contributed by atoms with Crippen molar-refractivity contribution in [2.75, 3.05) is 0 Å². The van der Waals surface area contributed by atoms with Gasteiger partial charge < -0.3 is 5.11 Å². The molecule has 0 atom stereocenters. The molecule has 0 aromatic carbocycles. The third-order valence-corrected chi connectivity index (χ3v) is 3.53. The summed E-state index contributed by atoms with van der Waals surface area (Å²) in [5, 5.41) is 8.50. The van der Waals surface area contributed by atoms with Gasteiger partial charge in [0.1, 0.15) is 0 Å². The van der Waals surface area contributed by atoms with Gasteiger partial charge in [-0.15, -0.1) is 0 Å². The minimum Gasteiger partial charge on any atom is -0.481 e. The Balaban J connectivity index is 3.26. The van der Waals surface area contributed by atoms with E-state index < -0.39 is 5.97 Å². The van der Waals surface area contributed by atoms with E-state index in [1.165, 1.54) is 51.4 Å². The molecule has 2 nitrogen and oxygen atoms in total. The number of aliphatic carboxylic acids is 1. The van der Waals surface area contributed by atoms with Gasteiger partial charge in [-0.3, -0.25) is 4.79 Å². The molecule has 0 spiro atoms. The summed E-state index contributed by atoms with van der Waals surface area (Å²) in [7, 11) is 0. The lowest BCUT2D eigenvalue weighted by atomic mass is 10.1. The molecule has 0 rings (SSSR count).